The zero-order chi connectivity index (χ0) is 18.8. The molecule has 1 aromatic rings. The van der Waals surface area contributed by atoms with Crippen LogP contribution in [0.3, 0.4) is 0 Å². The minimum atomic E-state index is 0.251. The second-order valence-corrected chi connectivity index (χ2v) is 7.59. The van der Waals surface area contributed by atoms with Crippen LogP contribution in [-0.4, -0.2) is 44.8 Å². The normalized spacial score (nSPS) is 13.9. The number of anilines is 1. The summed E-state index contributed by atoms with van der Waals surface area (Å²) in [5.74, 6) is 0.845. The van der Waals surface area contributed by atoms with Crippen LogP contribution in [0.5, 0.6) is 0 Å². The highest BCUT2D eigenvalue weighted by atomic mass is 16.5. The molecule has 0 radical (unpaired) electrons. The summed E-state index contributed by atoms with van der Waals surface area (Å²) in [6.07, 6.45) is 1.38. The summed E-state index contributed by atoms with van der Waals surface area (Å²) in [6.45, 7) is 16.0. The SMILES string of the molecule is CC(COC(C)C)CN(CC(C)COC(C)C)c1ccc(C=O)cc1. The third-order valence-corrected chi connectivity index (χ3v) is 3.89. The zero-order valence-corrected chi connectivity index (χ0v) is 16.7. The number of benzene rings is 1. The Kier molecular flexibility index (Phi) is 9.76. The number of rotatable bonds is 12. The first kappa shape index (κ1) is 21.7. The van der Waals surface area contributed by atoms with E-state index in [0.29, 0.717) is 17.4 Å². The molecule has 0 heterocycles. The van der Waals surface area contributed by atoms with Crippen molar-refractivity contribution in [2.75, 3.05) is 31.2 Å². The fourth-order valence-electron chi connectivity index (χ4n) is 2.62. The maximum atomic E-state index is 10.9. The Morgan fingerprint density at radius 2 is 1.28 bits per heavy atom. The van der Waals surface area contributed by atoms with Crippen LogP contribution in [0.1, 0.15) is 51.9 Å². The van der Waals surface area contributed by atoms with Crippen LogP contribution in [0.4, 0.5) is 5.69 Å². The summed E-state index contributed by atoms with van der Waals surface area (Å²) in [6, 6.07) is 7.80. The molecule has 0 fully saturated rings. The van der Waals surface area contributed by atoms with Crippen LogP contribution in [0.2, 0.25) is 0 Å². The molecule has 0 saturated heterocycles. The van der Waals surface area contributed by atoms with Gasteiger partial charge in [0, 0.05) is 24.3 Å². The Labute approximate surface area is 153 Å². The Morgan fingerprint density at radius 3 is 1.64 bits per heavy atom. The molecule has 0 aliphatic rings. The van der Waals surface area contributed by atoms with E-state index in [2.05, 4.69) is 46.4 Å². The molecule has 0 aliphatic carbocycles. The van der Waals surface area contributed by atoms with E-state index in [1.807, 2.05) is 24.3 Å². The molecular weight excluding hydrogens is 314 g/mol. The van der Waals surface area contributed by atoms with Crippen molar-refractivity contribution in [1.29, 1.82) is 0 Å². The molecule has 0 aliphatic heterocycles. The van der Waals surface area contributed by atoms with E-state index in [1.165, 1.54) is 0 Å². The van der Waals surface area contributed by atoms with Gasteiger partial charge < -0.3 is 14.4 Å². The number of carbonyl (C=O) groups is 1. The highest BCUT2D eigenvalue weighted by Crippen LogP contribution is 2.19. The van der Waals surface area contributed by atoms with Crippen molar-refractivity contribution in [2.24, 2.45) is 11.8 Å². The monoisotopic (exact) mass is 349 g/mol. The van der Waals surface area contributed by atoms with Gasteiger partial charge in [-0.2, -0.15) is 0 Å². The van der Waals surface area contributed by atoms with E-state index in [4.69, 9.17) is 9.47 Å². The molecule has 4 heteroatoms. The number of hydrogen-bond acceptors (Lipinski definition) is 4. The van der Waals surface area contributed by atoms with Crippen molar-refractivity contribution in [3.8, 4) is 0 Å². The van der Waals surface area contributed by atoms with Gasteiger partial charge in [0.05, 0.1) is 25.4 Å². The van der Waals surface area contributed by atoms with Crippen molar-refractivity contribution in [3.63, 3.8) is 0 Å². The third-order valence-electron chi connectivity index (χ3n) is 3.89. The highest BCUT2D eigenvalue weighted by molar-refractivity contribution is 5.75. The number of ether oxygens (including phenoxy) is 2. The van der Waals surface area contributed by atoms with Crippen LogP contribution in [-0.2, 0) is 9.47 Å². The fraction of sp³-hybridized carbons (Fsp3) is 0.667. The summed E-state index contributed by atoms with van der Waals surface area (Å²) in [4.78, 5) is 13.3. The van der Waals surface area contributed by atoms with Crippen molar-refractivity contribution >= 4 is 12.0 Å². The van der Waals surface area contributed by atoms with Crippen molar-refractivity contribution in [2.45, 2.75) is 53.8 Å². The van der Waals surface area contributed by atoms with E-state index in [1.54, 1.807) is 0 Å². The van der Waals surface area contributed by atoms with E-state index >= 15 is 0 Å². The van der Waals surface area contributed by atoms with Crippen molar-refractivity contribution in [1.82, 2.24) is 0 Å². The van der Waals surface area contributed by atoms with Crippen LogP contribution in [0.25, 0.3) is 0 Å². The summed E-state index contributed by atoms with van der Waals surface area (Å²) in [5, 5.41) is 0. The largest absolute Gasteiger partial charge is 0.378 e. The molecule has 1 aromatic carbocycles. The zero-order valence-electron chi connectivity index (χ0n) is 16.7. The van der Waals surface area contributed by atoms with Gasteiger partial charge in [0.25, 0.3) is 0 Å². The van der Waals surface area contributed by atoms with Gasteiger partial charge >= 0.3 is 0 Å². The first-order valence-electron chi connectivity index (χ1n) is 9.35. The Hall–Kier alpha value is -1.39. The molecule has 0 bridgehead atoms. The van der Waals surface area contributed by atoms with Gasteiger partial charge in [-0.1, -0.05) is 13.8 Å². The summed E-state index contributed by atoms with van der Waals surface area (Å²) in [5.41, 5.74) is 1.84. The third kappa shape index (κ3) is 9.03. The molecule has 25 heavy (non-hydrogen) atoms. The molecule has 0 aromatic heterocycles. The molecule has 0 amide bonds. The first-order chi connectivity index (χ1) is 11.8. The molecule has 2 unspecified atom stereocenters. The lowest BCUT2D eigenvalue weighted by atomic mass is 10.1. The molecule has 0 N–H and O–H groups in total. The minimum Gasteiger partial charge on any atom is -0.378 e. The smallest absolute Gasteiger partial charge is 0.150 e. The Bertz CT molecular complexity index is 464. The van der Waals surface area contributed by atoms with E-state index in [9.17, 15) is 4.79 Å². The molecule has 1 rings (SSSR count). The second-order valence-electron chi connectivity index (χ2n) is 7.59. The lowest BCUT2D eigenvalue weighted by Crippen LogP contribution is -2.35. The fourth-order valence-corrected chi connectivity index (χ4v) is 2.62. The number of aldehydes is 1. The standard InChI is InChI=1S/C21H35NO3/c1-16(2)24-14-18(5)11-22(12-19(6)15-25-17(3)4)21-9-7-20(13-23)8-10-21/h7-10,13,16-19H,11-12,14-15H2,1-6H3. The van der Waals surface area contributed by atoms with E-state index in [0.717, 1.165) is 38.3 Å². The Balaban J connectivity index is 2.75. The van der Waals surface area contributed by atoms with Gasteiger partial charge in [-0.25, -0.2) is 0 Å². The van der Waals surface area contributed by atoms with Gasteiger partial charge in [0.1, 0.15) is 6.29 Å². The minimum absolute atomic E-state index is 0.251. The summed E-state index contributed by atoms with van der Waals surface area (Å²) < 4.78 is 11.5. The van der Waals surface area contributed by atoms with Gasteiger partial charge in [0.2, 0.25) is 0 Å². The predicted molar refractivity (Wildman–Crippen MR) is 105 cm³/mol. The van der Waals surface area contributed by atoms with Gasteiger partial charge in [-0.3, -0.25) is 4.79 Å². The van der Waals surface area contributed by atoms with Crippen molar-refractivity contribution in [3.05, 3.63) is 29.8 Å². The van der Waals surface area contributed by atoms with Crippen molar-refractivity contribution < 1.29 is 14.3 Å². The Morgan fingerprint density at radius 1 is 0.840 bits per heavy atom. The average Bonchev–Trinajstić information content (AvgIpc) is 2.57. The highest BCUT2D eigenvalue weighted by Gasteiger charge is 2.16. The first-order valence-corrected chi connectivity index (χ1v) is 9.35. The van der Waals surface area contributed by atoms with Gasteiger partial charge in [-0.15, -0.1) is 0 Å². The maximum absolute atomic E-state index is 10.9. The average molecular weight is 350 g/mol. The van der Waals surface area contributed by atoms with E-state index < -0.39 is 0 Å². The molecule has 4 nitrogen and oxygen atoms in total. The number of nitrogens with zero attached hydrogens (tertiary/aromatic N) is 1. The lowest BCUT2D eigenvalue weighted by molar-refractivity contribution is 0.0522. The quantitative estimate of drug-likeness (QED) is 0.523. The molecule has 142 valence electrons. The number of hydrogen-bond donors (Lipinski definition) is 0. The number of carbonyl (C=O) groups excluding carboxylic acids is 1. The topological polar surface area (TPSA) is 38.8 Å². The summed E-state index contributed by atoms with van der Waals surface area (Å²) >= 11 is 0. The van der Waals surface area contributed by atoms with E-state index in [-0.39, 0.29) is 12.2 Å². The molecule has 0 saturated carbocycles. The second kappa shape index (κ2) is 11.3. The molecule has 0 spiro atoms. The van der Waals surface area contributed by atoms with Crippen LogP contribution < -0.4 is 4.90 Å². The van der Waals surface area contributed by atoms with Crippen LogP contribution in [0, 0.1) is 11.8 Å². The van der Waals surface area contributed by atoms with Crippen LogP contribution in [0.15, 0.2) is 24.3 Å². The lowest BCUT2D eigenvalue weighted by Gasteiger charge is -2.31. The molecular formula is C21H35NO3. The van der Waals surface area contributed by atoms with Gasteiger partial charge in [-0.05, 0) is 63.8 Å². The maximum Gasteiger partial charge on any atom is 0.150 e. The van der Waals surface area contributed by atoms with Crippen LogP contribution >= 0.6 is 0 Å². The van der Waals surface area contributed by atoms with Gasteiger partial charge in [0.15, 0.2) is 0 Å². The predicted octanol–water partition coefficient (Wildman–Crippen LogP) is 4.43. The molecule has 2 atom stereocenters. The summed E-state index contributed by atoms with van der Waals surface area (Å²) in [7, 11) is 0.